The van der Waals surface area contributed by atoms with Gasteiger partial charge < -0.3 is 9.67 Å². The number of imidazole rings is 1. The minimum Gasteiger partial charge on any atom is -0.393 e. The van der Waals surface area contributed by atoms with Gasteiger partial charge in [-0.15, -0.1) is 11.3 Å². The lowest BCUT2D eigenvalue weighted by Gasteiger charge is -2.36. The quantitative estimate of drug-likeness (QED) is 0.819. The zero-order valence-electron chi connectivity index (χ0n) is 8.71. The van der Waals surface area contributed by atoms with E-state index in [4.69, 9.17) is 0 Å². The molecule has 0 radical (unpaired) electrons. The Morgan fingerprint density at radius 3 is 3.12 bits per heavy atom. The van der Waals surface area contributed by atoms with Crippen molar-refractivity contribution in [3.05, 3.63) is 28.8 Å². The van der Waals surface area contributed by atoms with Gasteiger partial charge in [0.15, 0.2) is 0 Å². The molecule has 2 aromatic heterocycles. The lowest BCUT2D eigenvalue weighted by atomic mass is 9.77. The Kier molecular flexibility index (Phi) is 1.66. The first-order valence-corrected chi connectivity index (χ1v) is 6.50. The Labute approximate surface area is 97.4 Å². The summed E-state index contributed by atoms with van der Waals surface area (Å²) >= 11 is 1.83. The molecule has 0 saturated heterocycles. The van der Waals surface area contributed by atoms with Crippen LogP contribution in [0.5, 0.6) is 0 Å². The van der Waals surface area contributed by atoms with Crippen LogP contribution in [0.1, 0.15) is 23.8 Å². The molecular formula is C12H12N2OS. The molecule has 16 heavy (non-hydrogen) atoms. The molecule has 4 rings (SSSR count). The van der Waals surface area contributed by atoms with E-state index < -0.39 is 0 Å². The van der Waals surface area contributed by atoms with Crippen molar-refractivity contribution in [2.45, 2.75) is 25.0 Å². The van der Waals surface area contributed by atoms with Gasteiger partial charge in [0.25, 0.3) is 0 Å². The number of thiophene rings is 1. The van der Waals surface area contributed by atoms with Gasteiger partial charge in [0.05, 0.1) is 30.4 Å². The molecule has 2 aliphatic rings. The van der Waals surface area contributed by atoms with Crippen molar-refractivity contribution in [1.82, 2.24) is 9.55 Å². The van der Waals surface area contributed by atoms with E-state index in [0.29, 0.717) is 12.0 Å². The monoisotopic (exact) mass is 232 g/mol. The molecule has 82 valence electrons. The van der Waals surface area contributed by atoms with Gasteiger partial charge in [0.2, 0.25) is 0 Å². The fourth-order valence-corrected chi connectivity index (χ4v) is 4.05. The van der Waals surface area contributed by atoms with Crippen LogP contribution in [0.15, 0.2) is 24.0 Å². The van der Waals surface area contributed by atoms with Gasteiger partial charge in [-0.2, -0.15) is 0 Å². The van der Waals surface area contributed by atoms with Crippen molar-refractivity contribution >= 4 is 11.3 Å². The molecule has 0 amide bonds. The Morgan fingerprint density at radius 1 is 1.44 bits per heavy atom. The highest BCUT2D eigenvalue weighted by Gasteiger charge is 2.41. The van der Waals surface area contributed by atoms with Gasteiger partial charge in [0.1, 0.15) is 0 Å². The van der Waals surface area contributed by atoms with E-state index in [1.54, 1.807) is 0 Å². The number of rotatable bonds is 1. The van der Waals surface area contributed by atoms with E-state index in [9.17, 15) is 5.11 Å². The third kappa shape index (κ3) is 0.987. The molecule has 0 aromatic carbocycles. The van der Waals surface area contributed by atoms with Crippen LogP contribution in [-0.2, 0) is 0 Å². The van der Waals surface area contributed by atoms with Crippen LogP contribution in [0.2, 0.25) is 0 Å². The molecule has 1 N–H and O–H groups in total. The molecule has 1 fully saturated rings. The largest absolute Gasteiger partial charge is 0.393 e. The molecule has 1 aliphatic heterocycles. The number of hydrogen-bond acceptors (Lipinski definition) is 3. The van der Waals surface area contributed by atoms with Gasteiger partial charge >= 0.3 is 0 Å². The summed E-state index contributed by atoms with van der Waals surface area (Å²) in [6.07, 6.45) is 5.65. The summed E-state index contributed by atoms with van der Waals surface area (Å²) < 4.78 is 2.28. The number of hydrogen-bond donors (Lipinski definition) is 1. The highest BCUT2D eigenvalue weighted by Crippen LogP contribution is 2.50. The molecule has 2 aromatic rings. The smallest absolute Gasteiger partial charge is 0.0957 e. The molecule has 3 nitrogen and oxygen atoms in total. The number of aliphatic hydroxyl groups is 1. The summed E-state index contributed by atoms with van der Waals surface area (Å²) in [7, 11) is 0. The summed E-state index contributed by atoms with van der Waals surface area (Å²) in [5, 5.41) is 11.6. The van der Waals surface area contributed by atoms with Crippen LogP contribution in [0.3, 0.4) is 0 Å². The maximum absolute atomic E-state index is 9.45. The zero-order valence-corrected chi connectivity index (χ0v) is 9.52. The third-order valence-corrected chi connectivity index (χ3v) is 4.79. The second-order valence-corrected chi connectivity index (χ2v) is 5.66. The van der Waals surface area contributed by atoms with Crippen molar-refractivity contribution in [2.75, 3.05) is 0 Å². The molecule has 1 atom stereocenters. The first-order chi connectivity index (χ1) is 7.84. The minimum absolute atomic E-state index is 0.0824. The number of aromatic nitrogens is 2. The van der Waals surface area contributed by atoms with Gasteiger partial charge in [-0.25, -0.2) is 4.98 Å². The predicted molar refractivity (Wildman–Crippen MR) is 62.4 cm³/mol. The summed E-state index contributed by atoms with van der Waals surface area (Å²) in [5.74, 6) is 0.586. The lowest BCUT2D eigenvalue weighted by molar-refractivity contribution is 0.0268. The van der Waals surface area contributed by atoms with Gasteiger partial charge in [0, 0.05) is 10.4 Å². The Hall–Kier alpha value is -1.13. The molecule has 0 spiro atoms. The fraction of sp³-hybridized carbons (Fsp3) is 0.417. The first kappa shape index (κ1) is 8.96. The van der Waals surface area contributed by atoms with Crippen molar-refractivity contribution in [2.24, 2.45) is 5.92 Å². The van der Waals surface area contributed by atoms with E-state index in [0.717, 1.165) is 12.8 Å². The van der Waals surface area contributed by atoms with Crippen molar-refractivity contribution < 1.29 is 5.11 Å². The van der Waals surface area contributed by atoms with Crippen molar-refractivity contribution in [3.8, 4) is 11.3 Å². The van der Waals surface area contributed by atoms with Gasteiger partial charge in [-0.05, 0) is 30.2 Å². The Bertz CT molecular complexity index is 498. The van der Waals surface area contributed by atoms with Gasteiger partial charge in [-0.3, -0.25) is 0 Å². The number of aliphatic hydroxyl groups excluding tert-OH is 1. The molecular weight excluding hydrogens is 220 g/mol. The van der Waals surface area contributed by atoms with Crippen LogP contribution in [-0.4, -0.2) is 20.8 Å². The Morgan fingerprint density at radius 2 is 2.31 bits per heavy atom. The molecule has 1 aliphatic carbocycles. The van der Waals surface area contributed by atoms with Crippen LogP contribution in [0.25, 0.3) is 11.3 Å². The molecule has 0 bridgehead atoms. The van der Waals surface area contributed by atoms with Crippen LogP contribution < -0.4 is 0 Å². The zero-order chi connectivity index (χ0) is 10.7. The summed E-state index contributed by atoms with van der Waals surface area (Å²) in [4.78, 5) is 5.69. The Balaban J connectivity index is 1.83. The third-order valence-electron chi connectivity index (χ3n) is 3.80. The van der Waals surface area contributed by atoms with Crippen LogP contribution in [0.4, 0.5) is 0 Å². The average molecular weight is 232 g/mol. The standard InChI is InChI=1S/C12H12N2OS/c15-8-3-7(4-8)11-12-9(1-2-16-12)10-5-13-6-14(10)11/h1-2,5-8,11,15H,3-4H2/t7-,8+,11-/m0/s1. The molecule has 3 heterocycles. The van der Waals surface area contributed by atoms with E-state index >= 15 is 0 Å². The number of nitrogens with zero attached hydrogens (tertiary/aromatic N) is 2. The first-order valence-electron chi connectivity index (χ1n) is 5.62. The van der Waals surface area contributed by atoms with E-state index in [-0.39, 0.29) is 6.10 Å². The summed E-state index contributed by atoms with van der Waals surface area (Å²) in [6.45, 7) is 0. The van der Waals surface area contributed by atoms with Crippen LogP contribution >= 0.6 is 11.3 Å². The van der Waals surface area contributed by atoms with E-state index in [2.05, 4.69) is 21.0 Å². The molecule has 0 unspecified atom stereocenters. The maximum Gasteiger partial charge on any atom is 0.0957 e. The second-order valence-electron chi connectivity index (χ2n) is 4.71. The van der Waals surface area contributed by atoms with E-state index in [1.807, 2.05) is 23.9 Å². The van der Waals surface area contributed by atoms with Crippen LogP contribution in [0, 0.1) is 5.92 Å². The second kappa shape index (κ2) is 2.96. The highest BCUT2D eigenvalue weighted by atomic mass is 32.1. The minimum atomic E-state index is -0.0824. The van der Waals surface area contributed by atoms with Crippen molar-refractivity contribution in [3.63, 3.8) is 0 Å². The van der Waals surface area contributed by atoms with Gasteiger partial charge in [-0.1, -0.05) is 0 Å². The topological polar surface area (TPSA) is 38.1 Å². The average Bonchev–Trinajstić information content (AvgIpc) is 2.84. The molecule has 4 heteroatoms. The highest BCUT2D eigenvalue weighted by molar-refractivity contribution is 7.10. The number of fused-ring (bicyclic) bond motifs is 3. The lowest BCUT2D eigenvalue weighted by Crippen LogP contribution is -2.34. The maximum atomic E-state index is 9.45. The predicted octanol–water partition coefficient (Wildman–Crippen LogP) is 2.29. The SMILES string of the molecule is O[C@H]1C[C@@H]([C@H]2c3sccc3-c3cncn32)C1. The summed E-state index contributed by atoms with van der Waals surface area (Å²) in [5.41, 5.74) is 2.58. The molecule has 1 saturated carbocycles. The fourth-order valence-electron chi connectivity index (χ4n) is 2.95. The normalized spacial score (nSPS) is 30.9. The van der Waals surface area contributed by atoms with E-state index in [1.165, 1.54) is 16.1 Å². The summed E-state index contributed by atoms with van der Waals surface area (Å²) in [6, 6.07) is 2.61. The van der Waals surface area contributed by atoms with Crippen molar-refractivity contribution in [1.29, 1.82) is 0 Å².